The molecule has 0 radical (unpaired) electrons. The van der Waals surface area contributed by atoms with E-state index in [0.717, 1.165) is 38.9 Å². The van der Waals surface area contributed by atoms with Crippen LogP contribution in [0.1, 0.15) is 62.5 Å². The number of aryl methyl sites for hydroxylation is 2. The summed E-state index contributed by atoms with van der Waals surface area (Å²) < 4.78 is 22.6. The van der Waals surface area contributed by atoms with Crippen LogP contribution in [-0.2, 0) is 35.6 Å². The van der Waals surface area contributed by atoms with E-state index in [1.54, 1.807) is 11.0 Å². The van der Waals surface area contributed by atoms with Crippen molar-refractivity contribution in [2.75, 3.05) is 13.2 Å². The van der Waals surface area contributed by atoms with Crippen molar-refractivity contribution in [2.45, 2.75) is 51.8 Å². The minimum absolute atomic E-state index is 0.0246. The largest absolute Gasteiger partial charge is 0.565 e. The Kier molecular flexibility index (Phi) is 6.60. The van der Waals surface area contributed by atoms with E-state index >= 15 is 4.39 Å². The zero-order valence-corrected chi connectivity index (χ0v) is 21.7. The van der Waals surface area contributed by atoms with Crippen LogP contribution in [-0.4, -0.2) is 50.0 Å². The van der Waals surface area contributed by atoms with Gasteiger partial charge in [-0.2, -0.15) is 0 Å². The first kappa shape index (κ1) is 25.2. The first-order chi connectivity index (χ1) is 18.9. The molecule has 3 aromatic carbocycles. The Bertz CT molecular complexity index is 1600. The average molecular weight is 530 g/mol. The van der Waals surface area contributed by atoms with E-state index in [4.69, 9.17) is 9.84 Å². The molecule has 200 valence electrons. The standard InChI is InChI=1S/C30H29FN4O4/c1-18-23-7-8-27-29(18)32-33-35(27)10-2-12-39-17-19-3-6-24(26(31)13-19)30(38)34-11-9-20-4-5-21(14-22(20)16-34)25(23)15-28(36)37/h3-8,13-14,25H,2,9-12,15-17H2,1H3,(H,36,37)/p+1. The highest BCUT2D eigenvalue weighted by Gasteiger charge is 2.28. The Morgan fingerprint density at radius 2 is 2.00 bits per heavy atom. The van der Waals surface area contributed by atoms with E-state index in [9.17, 15) is 9.59 Å². The molecule has 0 saturated carbocycles. The number of carbonyl (C=O) groups is 2. The SMILES string of the molecule is Cc1c2ccc3c1nnn3CCCOCc1ccc(c(F)c1)C(=O)N1CCc3ccc(cc3C1)C2CC(=O)[OH2+]. The average Bonchev–Trinajstić information content (AvgIpc) is 3.34. The van der Waals surface area contributed by atoms with Crippen molar-refractivity contribution in [3.63, 3.8) is 0 Å². The number of benzene rings is 3. The van der Waals surface area contributed by atoms with Crippen LogP contribution in [0.4, 0.5) is 4.39 Å². The minimum atomic E-state index is -0.651. The van der Waals surface area contributed by atoms with Crippen molar-refractivity contribution >= 4 is 22.9 Å². The van der Waals surface area contributed by atoms with Crippen LogP contribution >= 0.6 is 0 Å². The lowest BCUT2D eigenvalue weighted by molar-refractivity contribution is -0.137. The van der Waals surface area contributed by atoms with Crippen LogP contribution in [0.5, 0.6) is 0 Å². The predicted octanol–water partition coefficient (Wildman–Crippen LogP) is 3.77. The number of hydrogen-bond donors (Lipinski definition) is 0. The Balaban J connectivity index is 1.45. The van der Waals surface area contributed by atoms with E-state index < -0.39 is 11.8 Å². The van der Waals surface area contributed by atoms with Crippen LogP contribution < -0.4 is 0 Å². The number of aromatic nitrogens is 3. The van der Waals surface area contributed by atoms with Crippen LogP contribution in [0, 0.1) is 12.7 Å². The molecule has 1 unspecified atom stereocenters. The Morgan fingerprint density at radius 1 is 1.13 bits per heavy atom. The van der Waals surface area contributed by atoms with Gasteiger partial charge in [-0.15, -0.1) is 5.10 Å². The lowest BCUT2D eigenvalue weighted by Gasteiger charge is -2.30. The quantitative estimate of drug-likeness (QED) is 0.368. The molecule has 6 heterocycles. The monoisotopic (exact) mass is 529 g/mol. The molecule has 1 amide bonds. The van der Waals surface area contributed by atoms with Crippen molar-refractivity contribution in [3.05, 3.63) is 93.3 Å². The van der Waals surface area contributed by atoms with E-state index in [1.807, 2.05) is 41.9 Å². The summed E-state index contributed by atoms with van der Waals surface area (Å²) in [4.78, 5) is 27.1. The molecule has 0 fully saturated rings. The van der Waals surface area contributed by atoms with Gasteiger partial charge in [0, 0.05) is 37.0 Å². The van der Waals surface area contributed by atoms with Crippen molar-refractivity contribution in [3.8, 4) is 0 Å². The molecule has 4 aromatic rings. The minimum Gasteiger partial charge on any atom is -0.565 e. The van der Waals surface area contributed by atoms with Crippen LogP contribution in [0.2, 0.25) is 0 Å². The number of amides is 1. The zero-order valence-electron chi connectivity index (χ0n) is 21.7. The summed E-state index contributed by atoms with van der Waals surface area (Å²) in [5.74, 6) is -1.89. The molecule has 9 bridgehead atoms. The Hall–Kier alpha value is -4.11. The summed E-state index contributed by atoms with van der Waals surface area (Å²) in [6, 6.07) is 14.7. The maximum Gasteiger partial charge on any atom is 0.516 e. The second-order valence-electron chi connectivity index (χ2n) is 10.4. The van der Waals surface area contributed by atoms with Crippen molar-refractivity contribution in [2.24, 2.45) is 0 Å². The molecule has 39 heavy (non-hydrogen) atoms. The van der Waals surface area contributed by atoms with Crippen molar-refractivity contribution < 1.29 is 23.8 Å². The summed E-state index contributed by atoms with van der Waals surface area (Å²) >= 11 is 0. The molecule has 0 saturated heterocycles. The summed E-state index contributed by atoms with van der Waals surface area (Å²) in [7, 11) is 0. The molecule has 1 atom stereocenters. The number of nitrogens with zero attached hydrogens (tertiary/aromatic N) is 4. The van der Waals surface area contributed by atoms with Gasteiger partial charge in [-0.1, -0.05) is 35.5 Å². The fraction of sp³-hybridized carbons (Fsp3) is 0.333. The molecule has 0 aliphatic carbocycles. The van der Waals surface area contributed by atoms with Gasteiger partial charge in [0.2, 0.25) is 0 Å². The maximum atomic E-state index is 15.0. The summed E-state index contributed by atoms with van der Waals surface area (Å²) in [5.41, 5.74) is 7.24. The Morgan fingerprint density at radius 3 is 2.82 bits per heavy atom. The van der Waals surface area contributed by atoms with Gasteiger partial charge in [0.15, 0.2) is 0 Å². The highest BCUT2D eigenvalue weighted by atomic mass is 19.1. The third-order valence-electron chi connectivity index (χ3n) is 7.87. The molecule has 0 spiro atoms. The first-order valence-corrected chi connectivity index (χ1v) is 13.2. The molecule has 5 aliphatic rings. The number of carbonyl (C=O) groups excluding carboxylic acids is 2. The highest BCUT2D eigenvalue weighted by Crippen LogP contribution is 2.35. The van der Waals surface area contributed by atoms with Gasteiger partial charge >= 0.3 is 5.97 Å². The van der Waals surface area contributed by atoms with Gasteiger partial charge in [0.05, 0.1) is 17.7 Å². The fourth-order valence-corrected chi connectivity index (χ4v) is 5.78. The van der Waals surface area contributed by atoms with Gasteiger partial charge < -0.3 is 14.7 Å². The fourth-order valence-electron chi connectivity index (χ4n) is 5.78. The topological polar surface area (TPSA) is 100 Å². The van der Waals surface area contributed by atoms with E-state index in [0.29, 0.717) is 44.6 Å². The van der Waals surface area contributed by atoms with Crippen molar-refractivity contribution in [1.82, 2.24) is 19.9 Å². The highest BCUT2D eigenvalue weighted by molar-refractivity contribution is 5.94. The molecule has 9 rings (SSSR count). The molecule has 8 nitrogen and oxygen atoms in total. The lowest BCUT2D eigenvalue weighted by atomic mass is 9.83. The first-order valence-electron chi connectivity index (χ1n) is 13.2. The lowest BCUT2D eigenvalue weighted by Crippen LogP contribution is -2.36. The van der Waals surface area contributed by atoms with Gasteiger partial charge in [-0.3, -0.25) is 4.79 Å². The summed E-state index contributed by atoms with van der Waals surface area (Å²) in [6.07, 6.45) is 1.38. The van der Waals surface area contributed by atoms with Crippen LogP contribution in [0.15, 0.2) is 48.5 Å². The van der Waals surface area contributed by atoms with E-state index in [1.165, 1.54) is 12.1 Å². The Labute approximate surface area is 225 Å². The maximum absolute atomic E-state index is 15.0. The van der Waals surface area contributed by atoms with Gasteiger partial charge in [0.25, 0.3) is 5.91 Å². The molecule has 9 heteroatoms. The van der Waals surface area contributed by atoms with Crippen molar-refractivity contribution in [1.29, 1.82) is 0 Å². The number of ether oxygens (including phenoxy) is 1. The molecule has 1 aromatic heterocycles. The molecular formula is C30H30FN4O4+. The molecular weight excluding hydrogens is 499 g/mol. The normalized spacial score (nSPS) is 17.7. The smallest absolute Gasteiger partial charge is 0.516 e. The second kappa shape index (κ2) is 10.2. The summed E-state index contributed by atoms with van der Waals surface area (Å²) in [6.45, 7) is 4.14. The third kappa shape index (κ3) is 4.78. The van der Waals surface area contributed by atoms with Gasteiger partial charge in [0.1, 0.15) is 17.8 Å². The van der Waals surface area contributed by atoms with Crippen LogP contribution in [0.3, 0.4) is 0 Å². The number of halogens is 1. The number of hydrogen-bond acceptors (Lipinski definition) is 5. The third-order valence-corrected chi connectivity index (χ3v) is 7.87. The predicted molar refractivity (Wildman–Crippen MR) is 143 cm³/mol. The number of rotatable bonds is 2. The van der Waals surface area contributed by atoms with Gasteiger partial charge in [-0.25, -0.2) is 9.07 Å². The van der Waals surface area contributed by atoms with Crippen LogP contribution in [0.25, 0.3) is 11.0 Å². The zero-order chi connectivity index (χ0) is 27.1. The van der Waals surface area contributed by atoms with Gasteiger partial charge in [-0.05, 0) is 71.3 Å². The molecule has 5 aliphatic heterocycles. The molecule has 2 N–H and O–H groups in total. The second-order valence-corrected chi connectivity index (χ2v) is 10.4. The summed E-state index contributed by atoms with van der Waals surface area (Å²) in [5, 5.41) is 16.6. The van der Waals surface area contributed by atoms with E-state index in [-0.39, 0.29) is 30.4 Å². The van der Waals surface area contributed by atoms with E-state index in [2.05, 4.69) is 10.3 Å².